The van der Waals surface area contributed by atoms with Crippen molar-refractivity contribution in [1.82, 2.24) is 0 Å². The molecule has 32 heavy (non-hydrogen) atoms. The lowest BCUT2D eigenvalue weighted by molar-refractivity contribution is -0.870. The zero-order chi connectivity index (χ0) is 24.8. The topological polar surface area (TPSA) is 118 Å². The van der Waals surface area contributed by atoms with Crippen LogP contribution >= 0.6 is 0 Å². The van der Waals surface area contributed by atoms with Crippen molar-refractivity contribution in [3.63, 3.8) is 0 Å². The first-order valence-corrected chi connectivity index (χ1v) is 12.6. The maximum Gasteiger partial charge on any atom is 0.335 e. The smallest absolute Gasteiger partial charge is 0.335 e. The molecule has 192 valence electrons. The van der Waals surface area contributed by atoms with E-state index >= 15 is 0 Å². The number of rotatable bonds is 20. The van der Waals surface area contributed by atoms with E-state index in [9.17, 15) is 14.7 Å². The van der Waals surface area contributed by atoms with Crippen LogP contribution in [0.15, 0.2) is 0 Å². The van der Waals surface area contributed by atoms with E-state index in [1.165, 1.54) is 109 Å². The highest BCUT2D eigenvalue weighted by atomic mass is 16.4. The number of carboxylic acid groups (broad SMARTS) is 2. The van der Waals surface area contributed by atoms with Crippen LogP contribution in [0.3, 0.4) is 0 Å². The number of aliphatic carboxylic acids is 2. The number of carbonyl (C=O) groups excluding carboxylic acids is 1. The predicted molar refractivity (Wildman–Crippen MR) is 127 cm³/mol. The maximum atomic E-state index is 9.74. The highest BCUT2D eigenvalue weighted by Gasteiger charge is 2.24. The highest BCUT2D eigenvalue weighted by Crippen LogP contribution is 2.13. The summed E-state index contributed by atoms with van der Waals surface area (Å²) >= 11 is 0. The molecule has 7 heteroatoms. The quantitative estimate of drug-likeness (QED) is 0.189. The van der Waals surface area contributed by atoms with Crippen LogP contribution in [0.4, 0.5) is 0 Å². The fraction of sp³-hybridized carbons (Fsp3) is 0.920. The van der Waals surface area contributed by atoms with Gasteiger partial charge in [0.1, 0.15) is 6.10 Å². The normalized spacial score (nSPS) is 13.2. The molecule has 0 saturated carbocycles. The second-order valence-corrected chi connectivity index (χ2v) is 9.86. The minimum Gasteiger partial charge on any atom is -0.547 e. The van der Waals surface area contributed by atoms with Gasteiger partial charge in [-0.25, -0.2) is 4.79 Å². The average molecular weight is 462 g/mol. The molecule has 2 atom stereocenters. The lowest BCUT2D eigenvalue weighted by Crippen LogP contribution is -2.46. The Bertz CT molecular complexity index is 432. The molecule has 0 saturated heterocycles. The molecule has 0 fully saturated rings. The molecule has 0 aliphatic carbocycles. The van der Waals surface area contributed by atoms with Crippen LogP contribution in [0.1, 0.15) is 110 Å². The molecular weight excluding hydrogens is 410 g/mol. The lowest BCUT2D eigenvalue weighted by Gasteiger charge is -2.23. The van der Waals surface area contributed by atoms with Gasteiger partial charge in [0.05, 0.1) is 33.7 Å². The number of carbonyl (C=O) groups is 2. The van der Waals surface area contributed by atoms with Crippen LogP contribution in [0.5, 0.6) is 0 Å². The molecule has 0 heterocycles. The number of unbranched alkanes of at least 4 members (excludes halogenated alkanes) is 15. The Labute approximate surface area is 196 Å². The molecule has 0 radical (unpaired) electrons. The third-order valence-electron chi connectivity index (χ3n) is 5.48. The predicted octanol–water partition coefficient (Wildman–Crippen LogP) is 3.50. The second-order valence-electron chi connectivity index (χ2n) is 9.86. The molecule has 0 aliphatic heterocycles. The molecule has 0 aromatic heterocycles. The van der Waals surface area contributed by atoms with Crippen molar-refractivity contribution in [2.45, 2.75) is 122 Å². The molecule has 0 spiro atoms. The fourth-order valence-electron chi connectivity index (χ4n) is 3.40. The van der Waals surface area contributed by atoms with Gasteiger partial charge in [-0.3, -0.25) is 0 Å². The van der Waals surface area contributed by atoms with Crippen LogP contribution in [-0.2, 0) is 9.59 Å². The molecule has 0 aliphatic rings. The summed E-state index contributed by atoms with van der Waals surface area (Å²) in [7, 11) is 6.89. The molecule has 0 aromatic carbocycles. The Kier molecular flexibility index (Phi) is 22.3. The van der Waals surface area contributed by atoms with Gasteiger partial charge in [0, 0.05) is 0 Å². The Balaban J connectivity index is 0. The SMILES string of the molecule is CCCCCCCCCCCCCCCCCC[N+](C)(C)C.O=C([O-])C(O)C(O)C(=O)O. The third kappa shape index (κ3) is 25.1. The molecular formula is C25H51NO6. The maximum absolute atomic E-state index is 9.74. The van der Waals surface area contributed by atoms with Crippen molar-refractivity contribution in [3.8, 4) is 0 Å². The van der Waals surface area contributed by atoms with Crippen molar-refractivity contribution in [1.29, 1.82) is 0 Å². The lowest BCUT2D eigenvalue weighted by atomic mass is 10.0. The Morgan fingerprint density at radius 1 is 0.656 bits per heavy atom. The monoisotopic (exact) mass is 461 g/mol. The second kappa shape index (κ2) is 21.7. The van der Waals surface area contributed by atoms with Crippen molar-refractivity contribution < 1.29 is 34.5 Å². The number of aliphatic hydroxyl groups excluding tert-OH is 2. The zero-order valence-electron chi connectivity index (χ0n) is 21.2. The van der Waals surface area contributed by atoms with E-state index in [1.807, 2.05) is 0 Å². The molecule has 2 unspecified atom stereocenters. The highest BCUT2D eigenvalue weighted by molar-refractivity contribution is 5.82. The number of nitrogens with zero attached hydrogens (tertiary/aromatic N) is 1. The van der Waals surface area contributed by atoms with Crippen molar-refractivity contribution >= 4 is 11.9 Å². The van der Waals surface area contributed by atoms with Gasteiger partial charge >= 0.3 is 5.97 Å². The van der Waals surface area contributed by atoms with E-state index in [2.05, 4.69) is 28.1 Å². The van der Waals surface area contributed by atoms with Crippen LogP contribution in [0.2, 0.25) is 0 Å². The number of hydrogen-bond acceptors (Lipinski definition) is 5. The fourth-order valence-corrected chi connectivity index (χ4v) is 3.40. The van der Waals surface area contributed by atoms with E-state index in [0.717, 1.165) is 4.48 Å². The number of quaternary nitrogens is 1. The first-order valence-electron chi connectivity index (χ1n) is 12.6. The van der Waals surface area contributed by atoms with Gasteiger partial charge in [0.25, 0.3) is 0 Å². The summed E-state index contributed by atoms with van der Waals surface area (Å²) in [5, 5.41) is 34.1. The van der Waals surface area contributed by atoms with Gasteiger partial charge in [-0.05, 0) is 12.8 Å². The van der Waals surface area contributed by atoms with Crippen LogP contribution in [0, 0.1) is 0 Å². The largest absolute Gasteiger partial charge is 0.547 e. The Hall–Kier alpha value is -1.18. The Morgan fingerprint density at radius 3 is 1.19 bits per heavy atom. The zero-order valence-corrected chi connectivity index (χ0v) is 21.2. The molecule has 3 N–H and O–H groups in total. The molecule has 0 amide bonds. The summed E-state index contributed by atoms with van der Waals surface area (Å²) in [5.41, 5.74) is 0. The van der Waals surface area contributed by atoms with Gasteiger partial charge in [-0.2, -0.15) is 0 Å². The summed E-state index contributed by atoms with van der Waals surface area (Å²) in [6.07, 6.45) is 18.7. The summed E-state index contributed by atoms with van der Waals surface area (Å²) in [4.78, 5) is 19.4. The van der Waals surface area contributed by atoms with Crippen molar-refractivity contribution in [2.24, 2.45) is 0 Å². The average Bonchev–Trinajstić information content (AvgIpc) is 2.71. The summed E-state index contributed by atoms with van der Waals surface area (Å²) in [5.74, 6) is -3.83. The minimum atomic E-state index is -2.38. The number of aliphatic hydroxyl groups is 2. The van der Waals surface area contributed by atoms with Gasteiger partial charge in [-0.1, -0.05) is 96.8 Å². The molecule has 0 aromatic rings. The van der Waals surface area contributed by atoms with Gasteiger partial charge in [-0.15, -0.1) is 0 Å². The minimum absolute atomic E-state index is 1.12. The first kappa shape index (κ1) is 33.0. The van der Waals surface area contributed by atoms with Crippen LogP contribution in [0.25, 0.3) is 0 Å². The van der Waals surface area contributed by atoms with E-state index in [-0.39, 0.29) is 0 Å². The van der Waals surface area contributed by atoms with Crippen molar-refractivity contribution in [2.75, 3.05) is 27.7 Å². The number of carboxylic acids is 2. The third-order valence-corrected chi connectivity index (χ3v) is 5.48. The van der Waals surface area contributed by atoms with Gasteiger partial charge in [0.15, 0.2) is 6.10 Å². The summed E-state index contributed by atoms with van der Waals surface area (Å²) in [6, 6.07) is 0. The molecule has 7 nitrogen and oxygen atoms in total. The first-order chi connectivity index (χ1) is 15.0. The number of hydrogen-bond donors (Lipinski definition) is 3. The van der Waals surface area contributed by atoms with E-state index in [4.69, 9.17) is 15.3 Å². The van der Waals surface area contributed by atoms with E-state index in [1.54, 1.807) is 0 Å². The van der Waals surface area contributed by atoms with Crippen molar-refractivity contribution in [3.05, 3.63) is 0 Å². The Morgan fingerprint density at radius 2 is 0.969 bits per heavy atom. The van der Waals surface area contributed by atoms with Crippen LogP contribution in [-0.4, -0.2) is 71.6 Å². The van der Waals surface area contributed by atoms with E-state index in [0.29, 0.717) is 0 Å². The molecule has 0 bridgehead atoms. The van der Waals surface area contributed by atoms with E-state index < -0.39 is 24.1 Å². The summed E-state index contributed by atoms with van der Waals surface area (Å²) < 4.78 is 1.12. The molecule has 0 rings (SSSR count). The summed E-state index contributed by atoms with van der Waals surface area (Å²) in [6.45, 7) is 3.63. The van der Waals surface area contributed by atoms with Crippen LogP contribution < -0.4 is 5.11 Å². The van der Waals surface area contributed by atoms with Gasteiger partial charge in [0.2, 0.25) is 0 Å². The van der Waals surface area contributed by atoms with Gasteiger partial charge < -0.3 is 29.7 Å². The standard InChI is InChI=1S/C21H46N.C4H6O6/c1-5-6-7-8-9-10-11-12-13-14-15-16-17-18-19-20-21-22(2,3)4;5-1(3(7)8)2(6)4(9)10/h5-21H2,1-4H3;1-2,5-6H,(H,7,8)(H,9,10)/q+1;/p-1.